The van der Waals surface area contributed by atoms with Gasteiger partial charge in [-0.1, -0.05) is 32.0 Å². The average Bonchev–Trinajstić information content (AvgIpc) is 2.93. The first-order chi connectivity index (χ1) is 21.0. The number of amides is 3. The highest BCUT2D eigenvalue weighted by Gasteiger charge is 2.33. The molecule has 1 aromatic rings. The molecule has 0 aromatic heterocycles. The minimum absolute atomic E-state index is 0.236. The van der Waals surface area contributed by atoms with Crippen molar-refractivity contribution in [3.05, 3.63) is 34.9 Å². The number of carbonyl (C=O) groups excluding carboxylic acids is 5. The maximum absolute atomic E-state index is 13.2. The molecule has 1 aromatic carbocycles. The second-order valence-electron chi connectivity index (χ2n) is 10.6. The number of carboxylic acids is 3. The Morgan fingerprint density at radius 1 is 0.733 bits per heavy atom. The van der Waals surface area contributed by atoms with E-state index < -0.39 is 110 Å². The minimum atomic E-state index is -1.64. The highest BCUT2D eigenvalue weighted by molar-refractivity contribution is 5.98. The Kier molecular flexibility index (Phi) is 15.3. The second kappa shape index (κ2) is 18.1. The smallest absolute Gasteiger partial charge is 0.339 e. The SMILES string of the molecule is CN[C@@H](CC(=O)O)C(=O)N[C@@H](CCC(=O)O)C(=O)N[C@H](C(=O)N[C@@H](CC(=O)O)C(=O)COC(=O)c1c(C)cccc1C)C(C)C. The van der Waals surface area contributed by atoms with Gasteiger partial charge < -0.3 is 41.3 Å². The zero-order chi connectivity index (χ0) is 34.4. The highest BCUT2D eigenvalue weighted by Crippen LogP contribution is 2.15. The molecule has 4 atom stereocenters. The maximum Gasteiger partial charge on any atom is 0.339 e. The molecule has 0 heterocycles. The molecule has 16 heteroatoms. The maximum atomic E-state index is 13.2. The number of nitrogens with one attached hydrogen (secondary N) is 4. The molecule has 1 rings (SSSR count). The number of hydrogen-bond donors (Lipinski definition) is 7. The van der Waals surface area contributed by atoms with Crippen molar-refractivity contribution in [2.24, 2.45) is 5.92 Å². The van der Waals surface area contributed by atoms with Crippen molar-refractivity contribution in [2.45, 2.75) is 77.5 Å². The molecular formula is C29H40N4O12. The van der Waals surface area contributed by atoms with E-state index in [9.17, 15) is 43.5 Å². The summed E-state index contributed by atoms with van der Waals surface area (Å²) in [5.41, 5.74) is 1.43. The first kappa shape index (κ1) is 38.2. The lowest BCUT2D eigenvalue weighted by Gasteiger charge is -2.27. The van der Waals surface area contributed by atoms with E-state index in [4.69, 9.17) is 14.9 Å². The Balaban J connectivity index is 3.09. The summed E-state index contributed by atoms with van der Waals surface area (Å²) in [4.78, 5) is 98.2. The number of aliphatic carboxylic acids is 3. The molecule has 3 amide bonds. The van der Waals surface area contributed by atoms with Crippen LogP contribution in [-0.4, -0.2) is 101 Å². The number of hydrogen-bond acceptors (Lipinski definition) is 10. The third-order valence-corrected chi connectivity index (χ3v) is 6.69. The molecule has 0 unspecified atom stereocenters. The van der Waals surface area contributed by atoms with Crippen molar-refractivity contribution in [2.75, 3.05) is 13.7 Å². The van der Waals surface area contributed by atoms with E-state index in [1.54, 1.807) is 32.0 Å². The van der Waals surface area contributed by atoms with Crippen LogP contribution in [0.2, 0.25) is 0 Å². The van der Waals surface area contributed by atoms with Crippen molar-refractivity contribution in [3.63, 3.8) is 0 Å². The van der Waals surface area contributed by atoms with Crippen LogP contribution in [0.1, 0.15) is 61.0 Å². The van der Waals surface area contributed by atoms with Gasteiger partial charge in [0.05, 0.1) is 24.4 Å². The molecule has 0 aliphatic rings. The number of ketones is 1. The number of esters is 1. The Morgan fingerprint density at radius 2 is 1.24 bits per heavy atom. The fourth-order valence-corrected chi connectivity index (χ4v) is 4.23. The molecule has 248 valence electrons. The van der Waals surface area contributed by atoms with Gasteiger partial charge in [-0.05, 0) is 44.4 Å². The first-order valence-electron chi connectivity index (χ1n) is 14.0. The number of carboxylic acid groups (broad SMARTS) is 3. The second-order valence-corrected chi connectivity index (χ2v) is 10.6. The summed E-state index contributed by atoms with van der Waals surface area (Å²) < 4.78 is 5.10. The Morgan fingerprint density at radius 3 is 1.73 bits per heavy atom. The molecule has 0 saturated carbocycles. The van der Waals surface area contributed by atoms with E-state index in [1.165, 1.54) is 20.9 Å². The zero-order valence-electron chi connectivity index (χ0n) is 25.7. The molecule has 7 N–H and O–H groups in total. The summed E-state index contributed by atoms with van der Waals surface area (Å²) in [6, 6.07) is -0.698. The summed E-state index contributed by atoms with van der Waals surface area (Å²) in [6.07, 6.45) is -2.47. The summed E-state index contributed by atoms with van der Waals surface area (Å²) in [5.74, 6) is -9.29. The van der Waals surface area contributed by atoms with Gasteiger partial charge in [-0.3, -0.25) is 33.6 Å². The van der Waals surface area contributed by atoms with Gasteiger partial charge in [0.15, 0.2) is 12.4 Å². The van der Waals surface area contributed by atoms with Crippen LogP contribution in [-0.2, 0) is 38.3 Å². The van der Waals surface area contributed by atoms with Crippen LogP contribution in [0.4, 0.5) is 0 Å². The average molecular weight is 637 g/mol. The Bertz CT molecular complexity index is 1280. The predicted molar refractivity (Wildman–Crippen MR) is 156 cm³/mol. The van der Waals surface area contributed by atoms with Crippen molar-refractivity contribution < 1.29 is 58.4 Å². The largest absolute Gasteiger partial charge is 0.481 e. The summed E-state index contributed by atoms with van der Waals surface area (Å²) >= 11 is 0. The monoisotopic (exact) mass is 636 g/mol. The van der Waals surface area contributed by atoms with Gasteiger partial charge in [0.25, 0.3) is 0 Å². The normalized spacial score (nSPS) is 13.5. The summed E-state index contributed by atoms with van der Waals surface area (Å²) in [6.45, 7) is 5.55. The quantitative estimate of drug-likeness (QED) is 0.0950. The van der Waals surface area contributed by atoms with Crippen molar-refractivity contribution in [1.82, 2.24) is 21.3 Å². The lowest BCUT2D eigenvalue weighted by Crippen LogP contribution is -2.59. The standard InChI is InChI=1S/C29H40N4O12/c1-14(2)25(33-26(41)17(9-10-21(35)36)31-27(42)19(30-5)12-23(39)40)28(43)32-18(11-22(37)38)20(34)13-45-29(44)24-15(3)7-6-8-16(24)4/h6-8,14,17-19,25,30H,9-13H2,1-5H3,(H,31,42)(H,32,43)(H,33,41)(H,35,36)(H,37,38)(H,39,40)/t17-,18-,19-,25-/m0/s1. The molecule has 0 aliphatic heterocycles. The molecule has 16 nitrogen and oxygen atoms in total. The Hall–Kier alpha value is -4.86. The molecule has 0 spiro atoms. The van der Waals surface area contributed by atoms with Crippen LogP contribution in [0.25, 0.3) is 0 Å². The van der Waals surface area contributed by atoms with E-state index in [0.29, 0.717) is 11.1 Å². The topological polar surface area (TPSA) is 255 Å². The van der Waals surface area contributed by atoms with Gasteiger partial charge in [-0.25, -0.2) is 4.79 Å². The lowest BCUT2D eigenvalue weighted by atomic mass is 10.0. The number of aryl methyl sites for hydroxylation is 2. The van der Waals surface area contributed by atoms with Gasteiger partial charge in [-0.15, -0.1) is 0 Å². The van der Waals surface area contributed by atoms with Gasteiger partial charge in [0.1, 0.15) is 18.1 Å². The van der Waals surface area contributed by atoms with Crippen LogP contribution in [0.3, 0.4) is 0 Å². The lowest BCUT2D eigenvalue weighted by molar-refractivity contribution is -0.142. The highest BCUT2D eigenvalue weighted by atomic mass is 16.5. The molecule has 0 aliphatic carbocycles. The molecule has 0 bridgehead atoms. The van der Waals surface area contributed by atoms with Crippen molar-refractivity contribution in [3.8, 4) is 0 Å². The predicted octanol–water partition coefficient (Wildman–Crippen LogP) is -0.458. The third-order valence-electron chi connectivity index (χ3n) is 6.69. The number of likely N-dealkylation sites (N-methyl/N-ethyl adjacent to an activating group) is 1. The fraction of sp³-hybridized carbons (Fsp3) is 0.517. The van der Waals surface area contributed by atoms with Crippen LogP contribution in [0.5, 0.6) is 0 Å². The number of benzene rings is 1. The van der Waals surface area contributed by atoms with Crippen LogP contribution < -0.4 is 21.3 Å². The van der Waals surface area contributed by atoms with E-state index in [0.717, 1.165) is 0 Å². The molecule has 0 radical (unpaired) electrons. The zero-order valence-corrected chi connectivity index (χ0v) is 25.7. The van der Waals surface area contributed by atoms with E-state index in [1.807, 2.05) is 0 Å². The molecule has 0 saturated heterocycles. The van der Waals surface area contributed by atoms with E-state index in [2.05, 4.69) is 21.3 Å². The molecule has 45 heavy (non-hydrogen) atoms. The minimum Gasteiger partial charge on any atom is -0.481 e. The van der Waals surface area contributed by atoms with E-state index >= 15 is 0 Å². The number of rotatable bonds is 19. The van der Waals surface area contributed by atoms with Gasteiger partial charge in [-0.2, -0.15) is 0 Å². The van der Waals surface area contributed by atoms with Crippen LogP contribution >= 0.6 is 0 Å². The van der Waals surface area contributed by atoms with Crippen molar-refractivity contribution in [1.29, 1.82) is 0 Å². The Labute approximate surface area is 259 Å². The molecule has 0 fully saturated rings. The third kappa shape index (κ3) is 12.7. The first-order valence-corrected chi connectivity index (χ1v) is 14.0. The number of carbonyl (C=O) groups is 8. The van der Waals surface area contributed by atoms with Gasteiger partial charge in [0.2, 0.25) is 17.7 Å². The summed E-state index contributed by atoms with van der Waals surface area (Å²) in [7, 11) is 1.32. The number of Topliss-reactive ketones (excluding diaryl/α,β-unsaturated/α-hetero) is 1. The van der Waals surface area contributed by atoms with Crippen molar-refractivity contribution >= 4 is 47.4 Å². The van der Waals surface area contributed by atoms with E-state index in [-0.39, 0.29) is 5.56 Å². The fourth-order valence-electron chi connectivity index (χ4n) is 4.23. The molecular weight excluding hydrogens is 596 g/mol. The van der Waals surface area contributed by atoms with Gasteiger partial charge >= 0.3 is 23.9 Å². The van der Waals surface area contributed by atoms with Crippen LogP contribution in [0, 0.1) is 19.8 Å². The van der Waals surface area contributed by atoms with Gasteiger partial charge in [0, 0.05) is 6.42 Å². The summed E-state index contributed by atoms with van der Waals surface area (Å²) in [5, 5.41) is 36.9. The van der Waals surface area contributed by atoms with Crippen LogP contribution in [0.15, 0.2) is 18.2 Å². The number of ether oxygens (including phenoxy) is 1.